The summed E-state index contributed by atoms with van der Waals surface area (Å²) in [4.78, 5) is 22.9. The summed E-state index contributed by atoms with van der Waals surface area (Å²) in [7, 11) is 0. The van der Waals surface area contributed by atoms with Crippen molar-refractivity contribution in [2.24, 2.45) is 5.41 Å². The van der Waals surface area contributed by atoms with Gasteiger partial charge in [0.25, 0.3) is 5.91 Å². The molecule has 0 aliphatic heterocycles. The van der Waals surface area contributed by atoms with Gasteiger partial charge in [0.2, 0.25) is 0 Å². The van der Waals surface area contributed by atoms with Crippen molar-refractivity contribution in [2.75, 3.05) is 6.54 Å². The molecule has 1 unspecified atom stereocenters. The van der Waals surface area contributed by atoms with Gasteiger partial charge in [-0.05, 0) is 30.5 Å². The molecule has 1 aromatic carbocycles. The summed E-state index contributed by atoms with van der Waals surface area (Å²) in [5.41, 5.74) is -4.56. The van der Waals surface area contributed by atoms with Gasteiger partial charge in [0.05, 0.1) is 22.3 Å². The van der Waals surface area contributed by atoms with Crippen LogP contribution in [0.4, 0.5) is 13.2 Å². The summed E-state index contributed by atoms with van der Waals surface area (Å²) in [5.74, 6) is -2.56. The number of carbonyl (C=O) groups is 2. The molecule has 3 N–H and O–H groups in total. The lowest BCUT2D eigenvalue weighted by molar-refractivity contribution is -0.138. The molecule has 0 aliphatic rings. The number of hydrogen-bond donors (Lipinski definition) is 3. The number of benzene rings is 1. The molecule has 5 nitrogen and oxygen atoms in total. The van der Waals surface area contributed by atoms with Gasteiger partial charge in [-0.25, -0.2) is 4.79 Å². The van der Waals surface area contributed by atoms with E-state index in [-0.39, 0.29) is 6.54 Å². The summed E-state index contributed by atoms with van der Waals surface area (Å²) >= 11 is 0. The predicted octanol–water partition coefficient (Wildman–Crippen LogP) is 2.93. The molecule has 0 aliphatic carbocycles. The number of carboxylic acids is 1. The molecular formula is C16H20F3NO4. The van der Waals surface area contributed by atoms with E-state index in [4.69, 9.17) is 5.11 Å². The van der Waals surface area contributed by atoms with Crippen LogP contribution in [0, 0.1) is 5.41 Å². The average Bonchev–Trinajstić information content (AvgIpc) is 2.41. The summed E-state index contributed by atoms with van der Waals surface area (Å²) in [6, 6.07) is 2.15. The minimum Gasteiger partial charge on any atom is -0.478 e. The fourth-order valence-corrected chi connectivity index (χ4v) is 1.72. The molecule has 0 aromatic heterocycles. The number of aliphatic hydroxyl groups is 1. The van der Waals surface area contributed by atoms with Crippen molar-refractivity contribution in [2.45, 2.75) is 39.5 Å². The number of rotatable bonds is 4. The van der Waals surface area contributed by atoms with Gasteiger partial charge in [-0.1, -0.05) is 20.8 Å². The van der Waals surface area contributed by atoms with Gasteiger partial charge in [0, 0.05) is 6.54 Å². The fourth-order valence-electron chi connectivity index (χ4n) is 1.72. The maximum absolute atomic E-state index is 13.1. The molecule has 24 heavy (non-hydrogen) atoms. The zero-order valence-electron chi connectivity index (χ0n) is 13.8. The van der Waals surface area contributed by atoms with Gasteiger partial charge in [0.15, 0.2) is 0 Å². The third kappa shape index (κ3) is 4.47. The van der Waals surface area contributed by atoms with Crippen molar-refractivity contribution in [3.8, 4) is 0 Å². The quantitative estimate of drug-likeness (QED) is 0.782. The van der Waals surface area contributed by atoms with E-state index in [1.54, 1.807) is 20.8 Å². The normalized spacial score (nSPS) is 14.8. The van der Waals surface area contributed by atoms with E-state index in [9.17, 15) is 27.9 Å². The van der Waals surface area contributed by atoms with E-state index < -0.39 is 45.8 Å². The van der Waals surface area contributed by atoms with Gasteiger partial charge < -0.3 is 15.5 Å². The topological polar surface area (TPSA) is 86.6 Å². The number of hydrogen-bond acceptors (Lipinski definition) is 3. The van der Waals surface area contributed by atoms with Crippen LogP contribution in [0.2, 0.25) is 0 Å². The molecule has 1 atom stereocenters. The first kappa shape index (κ1) is 20.0. The first-order chi connectivity index (χ1) is 10.7. The fraction of sp³-hybridized carbons (Fsp3) is 0.500. The minimum absolute atomic E-state index is 0.257. The van der Waals surface area contributed by atoms with Crippen molar-refractivity contribution in [3.63, 3.8) is 0 Å². The molecule has 0 saturated heterocycles. The Balaban J connectivity index is 3.13. The van der Waals surface area contributed by atoms with Gasteiger partial charge in [0.1, 0.15) is 0 Å². The van der Waals surface area contributed by atoms with Crippen LogP contribution in [0.25, 0.3) is 0 Å². The van der Waals surface area contributed by atoms with Gasteiger partial charge >= 0.3 is 12.1 Å². The highest BCUT2D eigenvalue weighted by atomic mass is 19.4. The molecule has 0 spiro atoms. The summed E-state index contributed by atoms with van der Waals surface area (Å²) in [6.07, 6.45) is -4.88. The van der Waals surface area contributed by atoms with Gasteiger partial charge in [-0.15, -0.1) is 0 Å². The summed E-state index contributed by atoms with van der Waals surface area (Å²) in [5, 5.41) is 21.4. The van der Waals surface area contributed by atoms with E-state index in [1.807, 2.05) is 0 Å². The lowest BCUT2D eigenvalue weighted by Crippen LogP contribution is -2.49. The Morgan fingerprint density at radius 1 is 1.12 bits per heavy atom. The maximum atomic E-state index is 13.1. The van der Waals surface area contributed by atoms with E-state index in [2.05, 4.69) is 5.32 Å². The Bertz CT molecular complexity index is 646. The second kappa shape index (κ2) is 6.43. The number of amides is 1. The molecule has 1 aromatic rings. The number of carboxylic acid groups (broad SMARTS) is 1. The number of alkyl halides is 3. The molecular weight excluding hydrogens is 327 g/mol. The monoisotopic (exact) mass is 347 g/mol. The number of aromatic carboxylic acids is 1. The molecule has 0 fully saturated rings. The molecule has 134 valence electrons. The molecule has 0 radical (unpaired) electrons. The molecule has 0 heterocycles. The largest absolute Gasteiger partial charge is 0.478 e. The van der Waals surface area contributed by atoms with Crippen LogP contribution >= 0.6 is 0 Å². The number of carbonyl (C=O) groups excluding carboxylic acids is 1. The van der Waals surface area contributed by atoms with Crippen LogP contribution < -0.4 is 5.32 Å². The first-order valence-electron chi connectivity index (χ1n) is 7.12. The van der Waals surface area contributed by atoms with Crippen molar-refractivity contribution < 1.29 is 33.0 Å². The highest BCUT2D eigenvalue weighted by molar-refractivity contribution is 5.97. The van der Waals surface area contributed by atoms with Gasteiger partial charge in [-0.2, -0.15) is 13.2 Å². The highest BCUT2D eigenvalue weighted by Gasteiger charge is 2.38. The van der Waals surface area contributed by atoms with Crippen LogP contribution in [-0.4, -0.2) is 34.2 Å². The second-order valence-electron chi connectivity index (χ2n) is 6.77. The highest BCUT2D eigenvalue weighted by Crippen LogP contribution is 2.33. The van der Waals surface area contributed by atoms with Crippen molar-refractivity contribution in [1.29, 1.82) is 0 Å². The van der Waals surface area contributed by atoms with Crippen LogP contribution in [0.15, 0.2) is 18.2 Å². The predicted molar refractivity (Wildman–Crippen MR) is 80.8 cm³/mol. The Hall–Kier alpha value is -2.09. The third-order valence-corrected chi connectivity index (χ3v) is 4.03. The van der Waals surface area contributed by atoms with E-state index in [0.717, 1.165) is 12.1 Å². The van der Waals surface area contributed by atoms with Crippen LogP contribution in [0.3, 0.4) is 0 Å². The molecule has 1 rings (SSSR count). The zero-order chi connectivity index (χ0) is 18.9. The van der Waals surface area contributed by atoms with Crippen LogP contribution in [-0.2, 0) is 6.18 Å². The smallest absolute Gasteiger partial charge is 0.417 e. The SMILES string of the molecule is CC(C)(C)C(C)(O)CNC(=O)c1ccc(C(=O)O)cc1C(F)(F)F. The lowest BCUT2D eigenvalue weighted by Gasteiger charge is -2.37. The second-order valence-corrected chi connectivity index (χ2v) is 6.77. The van der Waals surface area contributed by atoms with Crippen molar-refractivity contribution in [1.82, 2.24) is 5.32 Å². The number of halogens is 3. The Labute approximate surface area is 137 Å². The molecule has 0 bridgehead atoms. The Kier molecular flexibility index (Phi) is 5.34. The standard InChI is InChI=1S/C16H20F3NO4/c1-14(2,3)15(4,24)8-20-12(21)10-6-5-9(13(22)23)7-11(10)16(17,18)19/h5-7,24H,8H2,1-4H3,(H,20,21)(H,22,23). The van der Waals surface area contributed by atoms with E-state index >= 15 is 0 Å². The summed E-state index contributed by atoms with van der Waals surface area (Å²) in [6.45, 7) is 6.38. The van der Waals surface area contributed by atoms with Gasteiger partial charge in [-0.3, -0.25) is 4.79 Å². The first-order valence-corrected chi connectivity index (χ1v) is 7.12. The minimum atomic E-state index is -4.88. The molecule has 8 heteroatoms. The maximum Gasteiger partial charge on any atom is 0.417 e. The average molecular weight is 347 g/mol. The van der Waals surface area contributed by atoms with Crippen molar-refractivity contribution in [3.05, 3.63) is 34.9 Å². The van der Waals surface area contributed by atoms with E-state index in [1.165, 1.54) is 6.92 Å². The summed E-state index contributed by atoms with van der Waals surface area (Å²) < 4.78 is 39.3. The number of nitrogens with one attached hydrogen (secondary N) is 1. The zero-order valence-corrected chi connectivity index (χ0v) is 13.8. The van der Waals surface area contributed by atoms with Crippen LogP contribution in [0.1, 0.15) is 54.0 Å². The Morgan fingerprint density at radius 2 is 1.67 bits per heavy atom. The van der Waals surface area contributed by atoms with E-state index in [0.29, 0.717) is 6.07 Å². The third-order valence-electron chi connectivity index (χ3n) is 4.03. The lowest BCUT2D eigenvalue weighted by atomic mass is 9.78. The van der Waals surface area contributed by atoms with Crippen LogP contribution in [0.5, 0.6) is 0 Å². The Morgan fingerprint density at radius 3 is 2.08 bits per heavy atom. The van der Waals surface area contributed by atoms with Crippen molar-refractivity contribution >= 4 is 11.9 Å². The molecule has 0 saturated carbocycles. The molecule has 1 amide bonds.